The zero-order valence-electron chi connectivity index (χ0n) is 14.4. The van der Waals surface area contributed by atoms with Gasteiger partial charge in [0.15, 0.2) is 5.76 Å². The number of rotatable bonds is 7. The molecular weight excluding hydrogens is 335 g/mol. The predicted molar refractivity (Wildman–Crippen MR) is 95.3 cm³/mol. The van der Waals surface area contributed by atoms with Gasteiger partial charge in [-0.3, -0.25) is 4.79 Å². The fourth-order valence-corrected chi connectivity index (χ4v) is 2.52. The molecular formula is C20H19FN2O3. The van der Waals surface area contributed by atoms with E-state index in [0.29, 0.717) is 18.7 Å². The van der Waals surface area contributed by atoms with Crippen LogP contribution in [0.4, 0.5) is 4.39 Å². The van der Waals surface area contributed by atoms with Crippen molar-refractivity contribution in [3.8, 4) is 17.1 Å². The number of hydrogen-bond donors (Lipinski definition) is 1. The minimum absolute atomic E-state index is 0.117. The van der Waals surface area contributed by atoms with Gasteiger partial charge in [0.25, 0.3) is 0 Å². The number of aromatic nitrogens is 1. The Balaban J connectivity index is 1.50. The van der Waals surface area contributed by atoms with Gasteiger partial charge in [0.1, 0.15) is 11.6 Å². The third kappa shape index (κ3) is 4.69. The van der Waals surface area contributed by atoms with E-state index in [4.69, 9.17) is 9.26 Å². The molecule has 0 radical (unpaired) electrons. The Morgan fingerprint density at radius 3 is 2.77 bits per heavy atom. The summed E-state index contributed by atoms with van der Waals surface area (Å²) in [6.45, 7) is 0.449. The number of hydrogen-bond acceptors (Lipinski definition) is 4. The monoisotopic (exact) mass is 354 g/mol. The maximum absolute atomic E-state index is 12.9. The van der Waals surface area contributed by atoms with Crippen LogP contribution in [0.1, 0.15) is 11.3 Å². The number of benzene rings is 2. The van der Waals surface area contributed by atoms with Crippen molar-refractivity contribution >= 4 is 5.91 Å². The number of amides is 1. The van der Waals surface area contributed by atoms with Gasteiger partial charge in [-0.25, -0.2) is 4.39 Å². The molecule has 26 heavy (non-hydrogen) atoms. The number of methoxy groups -OCH3 is 1. The molecule has 0 saturated heterocycles. The first-order valence-corrected chi connectivity index (χ1v) is 8.25. The minimum Gasteiger partial charge on any atom is -0.497 e. The third-order valence-corrected chi connectivity index (χ3v) is 3.89. The molecule has 0 saturated carbocycles. The number of carbonyl (C=O) groups is 1. The maximum atomic E-state index is 12.9. The zero-order valence-corrected chi connectivity index (χ0v) is 14.4. The van der Waals surface area contributed by atoms with Crippen LogP contribution in [0.5, 0.6) is 5.75 Å². The second kappa shape index (κ2) is 8.29. The van der Waals surface area contributed by atoms with Crippen LogP contribution in [-0.2, 0) is 17.6 Å². The molecule has 3 aromatic rings. The normalized spacial score (nSPS) is 10.5. The fraction of sp³-hybridized carbons (Fsp3) is 0.200. The molecule has 6 heteroatoms. The standard InChI is InChI=1S/C20H19FN2O3/c1-25-18-4-2-3-15(12-18)19-13-17(23-26-19)9-10-22-20(24)11-14-5-7-16(21)8-6-14/h2-8,12-13H,9-11H2,1H3,(H,22,24). The second-order valence-corrected chi connectivity index (χ2v) is 5.82. The lowest BCUT2D eigenvalue weighted by Gasteiger charge is -2.04. The van der Waals surface area contributed by atoms with Crippen LogP contribution in [0.2, 0.25) is 0 Å². The minimum atomic E-state index is -0.313. The lowest BCUT2D eigenvalue weighted by molar-refractivity contribution is -0.120. The van der Waals surface area contributed by atoms with Crippen LogP contribution >= 0.6 is 0 Å². The molecule has 0 unspecified atom stereocenters. The Hall–Kier alpha value is -3.15. The average Bonchev–Trinajstić information content (AvgIpc) is 3.13. The van der Waals surface area contributed by atoms with E-state index in [2.05, 4.69) is 10.5 Å². The molecule has 134 valence electrons. The van der Waals surface area contributed by atoms with Gasteiger partial charge >= 0.3 is 0 Å². The number of nitrogens with zero attached hydrogens (tertiary/aromatic N) is 1. The average molecular weight is 354 g/mol. The summed E-state index contributed by atoms with van der Waals surface area (Å²) in [7, 11) is 1.61. The maximum Gasteiger partial charge on any atom is 0.224 e. The zero-order chi connectivity index (χ0) is 18.4. The molecule has 0 aliphatic rings. The summed E-state index contributed by atoms with van der Waals surface area (Å²) in [5.41, 5.74) is 2.40. The van der Waals surface area contributed by atoms with Crippen LogP contribution in [0, 0.1) is 5.82 Å². The first-order valence-electron chi connectivity index (χ1n) is 8.25. The number of carbonyl (C=O) groups excluding carboxylic acids is 1. The highest BCUT2D eigenvalue weighted by atomic mass is 19.1. The van der Waals surface area contributed by atoms with E-state index in [9.17, 15) is 9.18 Å². The molecule has 0 bridgehead atoms. The topological polar surface area (TPSA) is 64.4 Å². The van der Waals surface area contributed by atoms with Crippen molar-refractivity contribution in [1.82, 2.24) is 10.5 Å². The van der Waals surface area contributed by atoms with E-state index >= 15 is 0 Å². The SMILES string of the molecule is COc1cccc(-c2cc(CCNC(=O)Cc3ccc(F)cc3)no2)c1. The van der Waals surface area contributed by atoms with Crippen molar-refractivity contribution in [3.05, 3.63) is 71.7 Å². The number of nitrogens with one attached hydrogen (secondary N) is 1. The highest BCUT2D eigenvalue weighted by molar-refractivity contribution is 5.78. The van der Waals surface area contributed by atoms with Crippen LogP contribution in [0.3, 0.4) is 0 Å². The summed E-state index contributed by atoms with van der Waals surface area (Å²) < 4.78 is 23.4. The molecule has 1 aromatic heterocycles. The van der Waals surface area contributed by atoms with Crippen molar-refractivity contribution in [2.45, 2.75) is 12.8 Å². The van der Waals surface area contributed by atoms with Crippen molar-refractivity contribution in [2.75, 3.05) is 13.7 Å². The van der Waals surface area contributed by atoms with E-state index in [1.54, 1.807) is 19.2 Å². The summed E-state index contributed by atoms with van der Waals surface area (Å²) in [5.74, 6) is 0.963. The Labute approximate surface area is 150 Å². The van der Waals surface area contributed by atoms with Crippen LogP contribution < -0.4 is 10.1 Å². The molecule has 1 amide bonds. The largest absolute Gasteiger partial charge is 0.497 e. The van der Waals surface area contributed by atoms with E-state index in [1.165, 1.54) is 12.1 Å². The molecule has 2 aromatic carbocycles. The third-order valence-electron chi connectivity index (χ3n) is 3.89. The van der Waals surface area contributed by atoms with Crippen molar-refractivity contribution in [3.63, 3.8) is 0 Å². The van der Waals surface area contributed by atoms with Gasteiger partial charge in [-0.15, -0.1) is 0 Å². The predicted octanol–water partition coefficient (Wildman–Crippen LogP) is 3.39. The summed E-state index contributed by atoms with van der Waals surface area (Å²) >= 11 is 0. The molecule has 0 atom stereocenters. The van der Waals surface area contributed by atoms with Crippen molar-refractivity contribution in [1.29, 1.82) is 0 Å². The summed E-state index contributed by atoms with van der Waals surface area (Å²) in [4.78, 5) is 11.9. The molecule has 1 N–H and O–H groups in total. The van der Waals surface area contributed by atoms with Gasteiger partial charge in [-0.05, 0) is 29.8 Å². The molecule has 0 aliphatic carbocycles. The molecule has 0 fully saturated rings. The van der Waals surface area contributed by atoms with E-state index in [1.807, 2.05) is 30.3 Å². The molecule has 5 nitrogen and oxygen atoms in total. The van der Waals surface area contributed by atoms with Crippen LogP contribution in [0.25, 0.3) is 11.3 Å². The van der Waals surface area contributed by atoms with Gasteiger partial charge in [0.2, 0.25) is 5.91 Å². The first kappa shape index (κ1) is 17.7. The Bertz CT molecular complexity index is 875. The van der Waals surface area contributed by atoms with Gasteiger partial charge in [-0.2, -0.15) is 0 Å². The lowest BCUT2D eigenvalue weighted by atomic mass is 10.1. The lowest BCUT2D eigenvalue weighted by Crippen LogP contribution is -2.27. The van der Waals surface area contributed by atoms with Gasteiger partial charge in [0, 0.05) is 24.6 Å². The van der Waals surface area contributed by atoms with Gasteiger partial charge in [0.05, 0.1) is 19.2 Å². The van der Waals surface area contributed by atoms with E-state index < -0.39 is 0 Å². The quantitative estimate of drug-likeness (QED) is 0.706. The molecule has 0 aliphatic heterocycles. The number of halogens is 1. The number of ether oxygens (including phenoxy) is 1. The Kier molecular flexibility index (Phi) is 5.63. The Morgan fingerprint density at radius 1 is 1.19 bits per heavy atom. The summed E-state index contributed by atoms with van der Waals surface area (Å²) in [5, 5.41) is 6.86. The highest BCUT2D eigenvalue weighted by Gasteiger charge is 2.09. The summed E-state index contributed by atoms with van der Waals surface area (Å²) in [6, 6.07) is 15.3. The van der Waals surface area contributed by atoms with E-state index in [0.717, 1.165) is 22.6 Å². The Morgan fingerprint density at radius 2 is 2.00 bits per heavy atom. The molecule has 1 heterocycles. The van der Waals surface area contributed by atoms with E-state index in [-0.39, 0.29) is 18.1 Å². The van der Waals surface area contributed by atoms with Crippen LogP contribution in [0.15, 0.2) is 59.1 Å². The summed E-state index contributed by atoms with van der Waals surface area (Å²) in [6.07, 6.45) is 0.775. The second-order valence-electron chi connectivity index (χ2n) is 5.82. The van der Waals surface area contributed by atoms with Crippen molar-refractivity contribution in [2.24, 2.45) is 0 Å². The van der Waals surface area contributed by atoms with Crippen molar-refractivity contribution < 1.29 is 18.4 Å². The van der Waals surface area contributed by atoms with Crippen LogP contribution in [-0.4, -0.2) is 24.7 Å². The van der Waals surface area contributed by atoms with Gasteiger partial charge in [-0.1, -0.05) is 29.4 Å². The smallest absolute Gasteiger partial charge is 0.224 e. The first-order chi connectivity index (χ1) is 12.6. The van der Waals surface area contributed by atoms with Gasteiger partial charge < -0.3 is 14.6 Å². The fourth-order valence-electron chi connectivity index (χ4n) is 2.52. The molecule has 0 spiro atoms. The molecule has 3 rings (SSSR count). The highest BCUT2D eigenvalue weighted by Crippen LogP contribution is 2.24.